The molecule has 0 rings (SSSR count). The molecule has 3 atom stereocenters. The van der Waals surface area contributed by atoms with Gasteiger partial charge in [0.15, 0.2) is 0 Å². The number of amides is 1. The van der Waals surface area contributed by atoms with Crippen LogP contribution in [0.15, 0.2) is 36.5 Å². The van der Waals surface area contributed by atoms with Crippen LogP contribution in [-0.2, 0) is 4.79 Å². The maximum atomic E-state index is 12.4. The maximum absolute atomic E-state index is 12.4. The van der Waals surface area contributed by atoms with Crippen molar-refractivity contribution < 1.29 is 20.1 Å². The van der Waals surface area contributed by atoms with Gasteiger partial charge in [0.05, 0.1) is 18.8 Å². The molecule has 0 aromatic carbocycles. The molecule has 0 heterocycles. The van der Waals surface area contributed by atoms with Gasteiger partial charge in [0.2, 0.25) is 5.91 Å². The molecule has 0 saturated heterocycles. The van der Waals surface area contributed by atoms with Crippen molar-refractivity contribution >= 4 is 5.91 Å². The molecule has 0 aliphatic rings. The highest BCUT2D eigenvalue weighted by atomic mass is 16.3. The second kappa shape index (κ2) is 43.3. The quantitative estimate of drug-likeness (QED) is 0.0284. The molecule has 4 N–H and O–H groups in total. The predicted molar refractivity (Wildman–Crippen MR) is 231 cm³/mol. The van der Waals surface area contributed by atoms with E-state index in [-0.39, 0.29) is 6.61 Å². The summed E-state index contributed by atoms with van der Waals surface area (Å²) >= 11 is 0. The number of aliphatic hydroxyl groups excluding tert-OH is 3. The van der Waals surface area contributed by atoms with E-state index in [1.807, 2.05) is 6.08 Å². The van der Waals surface area contributed by atoms with Crippen molar-refractivity contribution in [3.05, 3.63) is 36.5 Å². The average Bonchev–Trinajstić information content (AvgIpc) is 3.16. The minimum absolute atomic E-state index is 0.369. The Morgan fingerprint density at radius 2 is 0.792 bits per heavy atom. The lowest BCUT2D eigenvalue weighted by Crippen LogP contribution is -2.48. The van der Waals surface area contributed by atoms with Gasteiger partial charge in [-0.05, 0) is 44.9 Å². The molecule has 0 aliphatic carbocycles. The van der Waals surface area contributed by atoms with Crippen LogP contribution in [-0.4, -0.2) is 46.1 Å². The van der Waals surface area contributed by atoms with Crippen molar-refractivity contribution in [2.45, 2.75) is 257 Å². The first-order chi connectivity index (χ1) is 26.1. The Morgan fingerprint density at radius 3 is 1.19 bits per heavy atom. The fraction of sp³-hybridized carbons (Fsp3) is 0.854. The summed E-state index contributed by atoms with van der Waals surface area (Å²) in [5.74, 6) is -0.515. The number of unbranched alkanes of at least 4 members (excludes halogenated alkanes) is 31. The van der Waals surface area contributed by atoms with Gasteiger partial charge in [-0.1, -0.05) is 230 Å². The fourth-order valence-electron chi connectivity index (χ4n) is 7.06. The molecule has 0 aromatic rings. The number of hydrogen-bond acceptors (Lipinski definition) is 4. The molecule has 0 aliphatic heterocycles. The molecule has 0 bridgehead atoms. The van der Waals surface area contributed by atoms with E-state index in [0.29, 0.717) is 6.42 Å². The Bertz CT molecular complexity index is 824. The minimum Gasteiger partial charge on any atom is -0.394 e. The lowest BCUT2D eigenvalue weighted by atomic mass is 10.0. The van der Waals surface area contributed by atoms with Crippen LogP contribution in [0, 0.1) is 0 Å². The lowest BCUT2D eigenvalue weighted by Gasteiger charge is -2.21. The molecule has 5 nitrogen and oxygen atoms in total. The van der Waals surface area contributed by atoms with Crippen LogP contribution in [0.2, 0.25) is 0 Å². The number of rotatable bonds is 42. The van der Waals surface area contributed by atoms with Crippen molar-refractivity contribution in [2.75, 3.05) is 6.61 Å². The van der Waals surface area contributed by atoms with Crippen molar-refractivity contribution in [3.63, 3.8) is 0 Å². The minimum atomic E-state index is -1.11. The largest absolute Gasteiger partial charge is 0.394 e. The van der Waals surface area contributed by atoms with E-state index in [1.54, 1.807) is 6.08 Å². The van der Waals surface area contributed by atoms with Crippen LogP contribution in [0.3, 0.4) is 0 Å². The summed E-state index contributed by atoms with van der Waals surface area (Å²) < 4.78 is 0. The number of hydrogen-bond donors (Lipinski definition) is 4. The summed E-state index contributed by atoms with van der Waals surface area (Å²) in [5, 5.41) is 33.1. The molecule has 0 radical (unpaired) electrons. The molecule has 1 amide bonds. The van der Waals surface area contributed by atoms with Gasteiger partial charge in [0.25, 0.3) is 0 Å². The van der Waals surface area contributed by atoms with Crippen LogP contribution in [0.25, 0.3) is 0 Å². The number of aliphatic hydroxyl groups is 3. The fourth-order valence-corrected chi connectivity index (χ4v) is 7.06. The highest BCUT2D eigenvalue weighted by molar-refractivity contribution is 5.80. The molecule has 53 heavy (non-hydrogen) atoms. The van der Waals surface area contributed by atoms with Gasteiger partial charge in [-0.15, -0.1) is 0 Å². The third kappa shape index (κ3) is 38.6. The molecule has 0 saturated carbocycles. The zero-order valence-corrected chi connectivity index (χ0v) is 35.4. The van der Waals surface area contributed by atoms with Gasteiger partial charge >= 0.3 is 0 Å². The molecular weight excluding hydrogens is 655 g/mol. The van der Waals surface area contributed by atoms with Crippen LogP contribution in [0.1, 0.15) is 239 Å². The van der Waals surface area contributed by atoms with Crippen LogP contribution >= 0.6 is 0 Å². The Labute approximate surface area is 330 Å². The van der Waals surface area contributed by atoms with E-state index in [2.05, 4.69) is 43.5 Å². The molecule has 312 valence electrons. The number of allylic oxidation sites excluding steroid dienone is 5. The molecule has 0 spiro atoms. The highest BCUT2D eigenvalue weighted by Gasteiger charge is 2.22. The second-order valence-corrected chi connectivity index (χ2v) is 16.0. The van der Waals surface area contributed by atoms with Gasteiger partial charge in [-0.3, -0.25) is 4.79 Å². The van der Waals surface area contributed by atoms with Crippen LogP contribution in [0.4, 0.5) is 0 Å². The summed E-state index contributed by atoms with van der Waals surface area (Å²) in [5.41, 5.74) is 0. The number of nitrogens with one attached hydrogen (secondary N) is 1. The standard InChI is InChI=1S/C48H91NO4/c1-3-5-7-9-11-13-15-17-19-20-21-22-23-24-25-26-27-28-29-31-32-34-36-38-40-42-46(51)45(44-50)49-48(53)47(52)43-41-39-37-35-33-30-18-16-14-12-10-8-6-4-2/h12,14,16,18,40,42,45-47,50-52H,3-11,13,15,17,19-39,41,43-44H2,1-2H3,(H,49,53)/b14-12-,18-16-,42-40+. The summed E-state index contributed by atoms with van der Waals surface area (Å²) in [6.45, 7) is 4.15. The van der Waals surface area contributed by atoms with E-state index in [4.69, 9.17) is 0 Å². The van der Waals surface area contributed by atoms with E-state index in [9.17, 15) is 20.1 Å². The molecular formula is C48H91NO4. The van der Waals surface area contributed by atoms with E-state index in [0.717, 1.165) is 51.4 Å². The Kier molecular flexibility index (Phi) is 42.1. The highest BCUT2D eigenvalue weighted by Crippen LogP contribution is 2.16. The molecule has 3 unspecified atom stereocenters. The normalized spacial score (nSPS) is 13.8. The molecule has 5 heteroatoms. The van der Waals surface area contributed by atoms with Gasteiger partial charge in [0.1, 0.15) is 6.10 Å². The topological polar surface area (TPSA) is 89.8 Å². The van der Waals surface area contributed by atoms with Gasteiger partial charge in [0, 0.05) is 0 Å². The first-order valence-corrected chi connectivity index (χ1v) is 23.3. The van der Waals surface area contributed by atoms with E-state index in [1.165, 1.54) is 167 Å². The van der Waals surface area contributed by atoms with Crippen molar-refractivity contribution in [1.82, 2.24) is 5.32 Å². The molecule has 0 aromatic heterocycles. The van der Waals surface area contributed by atoms with E-state index < -0.39 is 24.2 Å². The van der Waals surface area contributed by atoms with Gasteiger partial charge < -0.3 is 20.6 Å². The smallest absolute Gasteiger partial charge is 0.249 e. The SMILES string of the molecule is CCCCC/C=C\C=C/CCCCCCCC(O)C(=O)NC(CO)C(O)/C=C/CCCCCCCCCCCCCCCCCCCCCCCCC. The first kappa shape index (κ1) is 51.6. The Hall–Kier alpha value is -1.43. The molecule has 0 fully saturated rings. The van der Waals surface area contributed by atoms with Crippen molar-refractivity contribution in [2.24, 2.45) is 0 Å². The summed E-state index contributed by atoms with van der Waals surface area (Å²) in [7, 11) is 0. The predicted octanol–water partition coefficient (Wildman–Crippen LogP) is 13.5. The van der Waals surface area contributed by atoms with Crippen molar-refractivity contribution in [3.8, 4) is 0 Å². The zero-order chi connectivity index (χ0) is 38.7. The third-order valence-corrected chi connectivity index (χ3v) is 10.8. The summed E-state index contributed by atoms with van der Waals surface area (Å²) in [4.78, 5) is 12.4. The maximum Gasteiger partial charge on any atom is 0.249 e. The number of carbonyl (C=O) groups excluding carboxylic acids is 1. The Morgan fingerprint density at radius 1 is 0.472 bits per heavy atom. The van der Waals surface area contributed by atoms with Crippen LogP contribution in [0.5, 0.6) is 0 Å². The van der Waals surface area contributed by atoms with E-state index >= 15 is 0 Å². The average molecular weight is 746 g/mol. The Balaban J connectivity index is 3.62. The van der Waals surface area contributed by atoms with Crippen molar-refractivity contribution in [1.29, 1.82) is 0 Å². The summed E-state index contributed by atoms with van der Waals surface area (Å²) in [6.07, 6.45) is 54.7. The van der Waals surface area contributed by atoms with Gasteiger partial charge in [-0.2, -0.15) is 0 Å². The summed E-state index contributed by atoms with van der Waals surface area (Å²) in [6, 6.07) is -0.804. The zero-order valence-electron chi connectivity index (χ0n) is 35.4. The first-order valence-electron chi connectivity index (χ1n) is 23.3. The van der Waals surface area contributed by atoms with Crippen LogP contribution < -0.4 is 5.32 Å². The monoisotopic (exact) mass is 746 g/mol. The lowest BCUT2D eigenvalue weighted by molar-refractivity contribution is -0.131. The second-order valence-electron chi connectivity index (χ2n) is 16.0. The van der Waals surface area contributed by atoms with Gasteiger partial charge in [-0.25, -0.2) is 0 Å². The number of carbonyl (C=O) groups is 1. The third-order valence-electron chi connectivity index (χ3n) is 10.8.